The molecule has 3 nitrogen and oxygen atoms in total. The van der Waals surface area contributed by atoms with Crippen molar-refractivity contribution in [3.8, 4) is 0 Å². The molecule has 1 heterocycles. The maximum Gasteiger partial charge on any atom is 0.223 e. The molecule has 0 aromatic heterocycles. The summed E-state index contributed by atoms with van der Waals surface area (Å²) in [7, 11) is 0. The third kappa shape index (κ3) is 4.38. The Labute approximate surface area is 121 Å². The summed E-state index contributed by atoms with van der Waals surface area (Å²) in [5.74, 6) is 1.42. The van der Waals surface area contributed by atoms with Crippen molar-refractivity contribution in [3.63, 3.8) is 0 Å². The molecule has 0 bridgehead atoms. The number of nitrogens with zero attached hydrogens (tertiary/aromatic N) is 1. The van der Waals surface area contributed by atoms with Crippen molar-refractivity contribution in [3.05, 3.63) is 0 Å². The molecule has 1 amide bonds. The van der Waals surface area contributed by atoms with Crippen LogP contribution < -0.4 is 0 Å². The molecule has 1 saturated heterocycles. The van der Waals surface area contributed by atoms with Crippen molar-refractivity contribution in [1.82, 2.24) is 4.90 Å². The van der Waals surface area contributed by atoms with E-state index in [4.69, 9.17) is 4.74 Å². The lowest BCUT2D eigenvalue weighted by molar-refractivity contribution is -0.143. The topological polar surface area (TPSA) is 29.5 Å². The number of carbonyl (C=O) groups excluding carboxylic acids is 1. The molecule has 0 unspecified atom stereocenters. The largest absolute Gasteiger partial charge is 0.374 e. The first kappa shape index (κ1) is 15.2. The van der Waals surface area contributed by atoms with E-state index in [2.05, 4.69) is 25.7 Å². The van der Waals surface area contributed by atoms with Crippen molar-refractivity contribution in [2.75, 3.05) is 18.9 Å². The second-order valence-corrected chi connectivity index (χ2v) is 8.48. The molecule has 2 rings (SSSR count). The molecular weight excluding hydrogens is 258 g/mol. The van der Waals surface area contributed by atoms with Gasteiger partial charge in [0.2, 0.25) is 5.91 Å². The Bertz CT molecular complexity index is 314. The zero-order chi connectivity index (χ0) is 13.9. The Morgan fingerprint density at radius 1 is 1.37 bits per heavy atom. The fraction of sp³-hybridized carbons (Fsp3) is 0.933. The first-order chi connectivity index (χ1) is 8.97. The summed E-state index contributed by atoms with van der Waals surface area (Å²) in [6, 6.07) is 0.372. The third-order valence-corrected chi connectivity index (χ3v) is 5.23. The van der Waals surface area contributed by atoms with Gasteiger partial charge >= 0.3 is 0 Å². The second-order valence-electron chi connectivity index (χ2n) is 6.56. The van der Waals surface area contributed by atoms with Gasteiger partial charge in [0, 0.05) is 17.7 Å². The minimum Gasteiger partial charge on any atom is -0.374 e. The maximum atomic E-state index is 12.3. The highest BCUT2D eigenvalue weighted by atomic mass is 32.2. The fourth-order valence-corrected chi connectivity index (χ4v) is 3.88. The molecule has 1 saturated carbocycles. The fourth-order valence-electron chi connectivity index (χ4n) is 2.98. The molecule has 0 spiro atoms. The van der Waals surface area contributed by atoms with E-state index in [-0.39, 0.29) is 0 Å². The monoisotopic (exact) mass is 285 g/mol. The zero-order valence-corrected chi connectivity index (χ0v) is 13.3. The third-order valence-electron chi connectivity index (χ3n) is 3.87. The van der Waals surface area contributed by atoms with Gasteiger partial charge in [-0.05, 0) is 31.4 Å². The molecule has 19 heavy (non-hydrogen) atoms. The molecule has 1 aliphatic heterocycles. The molecule has 0 N–H and O–H groups in total. The van der Waals surface area contributed by atoms with E-state index in [1.54, 1.807) is 0 Å². The Morgan fingerprint density at radius 2 is 2.16 bits per heavy atom. The van der Waals surface area contributed by atoms with Gasteiger partial charge in [0.05, 0.1) is 18.8 Å². The quantitative estimate of drug-likeness (QED) is 0.743. The van der Waals surface area contributed by atoms with Gasteiger partial charge in [-0.3, -0.25) is 4.79 Å². The average Bonchev–Trinajstić information content (AvgIpc) is 2.81. The van der Waals surface area contributed by atoms with Crippen molar-refractivity contribution in [1.29, 1.82) is 0 Å². The van der Waals surface area contributed by atoms with Gasteiger partial charge in [-0.1, -0.05) is 20.8 Å². The van der Waals surface area contributed by atoms with Crippen LogP contribution in [0.3, 0.4) is 0 Å². The number of rotatable bonds is 4. The van der Waals surface area contributed by atoms with Crippen LogP contribution in [-0.4, -0.2) is 46.6 Å². The standard InChI is InChI=1S/C15H27NO2S/c1-15(2,3)19-11-5-8-14(17)16-9-10-18-13-7-4-6-12(13)16/h12-13H,4-11H2,1-3H3/t12-,13+/m1/s1. The number of hydrogen-bond acceptors (Lipinski definition) is 3. The van der Waals surface area contributed by atoms with Crippen molar-refractivity contribution >= 4 is 17.7 Å². The van der Waals surface area contributed by atoms with Crippen LogP contribution in [0.1, 0.15) is 52.9 Å². The van der Waals surface area contributed by atoms with Gasteiger partial charge in [-0.2, -0.15) is 11.8 Å². The van der Waals surface area contributed by atoms with Crippen LogP contribution in [0.25, 0.3) is 0 Å². The Balaban J connectivity index is 1.73. The number of fused-ring (bicyclic) bond motifs is 1. The van der Waals surface area contributed by atoms with Gasteiger partial charge in [0.25, 0.3) is 0 Å². The molecule has 1 aliphatic carbocycles. The SMILES string of the molecule is CC(C)(C)SCCCC(=O)N1CCO[C@H]2CCC[C@H]21. The smallest absolute Gasteiger partial charge is 0.223 e. The minimum absolute atomic E-state index is 0.304. The molecule has 2 fully saturated rings. The molecule has 0 aromatic carbocycles. The van der Waals surface area contributed by atoms with E-state index < -0.39 is 0 Å². The Hall–Kier alpha value is -0.220. The van der Waals surface area contributed by atoms with E-state index in [1.165, 1.54) is 6.42 Å². The highest BCUT2D eigenvalue weighted by Crippen LogP contribution is 2.30. The van der Waals surface area contributed by atoms with Gasteiger partial charge in [0.15, 0.2) is 0 Å². The van der Waals surface area contributed by atoms with Crippen LogP contribution in [0.4, 0.5) is 0 Å². The van der Waals surface area contributed by atoms with Crippen LogP contribution in [0.5, 0.6) is 0 Å². The van der Waals surface area contributed by atoms with Crippen molar-refractivity contribution < 1.29 is 9.53 Å². The van der Waals surface area contributed by atoms with Crippen molar-refractivity contribution in [2.45, 2.75) is 69.8 Å². The lowest BCUT2D eigenvalue weighted by Gasteiger charge is -2.37. The normalized spacial score (nSPS) is 27.4. The summed E-state index contributed by atoms with van der Waals surface area (Å²) in [6.45, 7) is 8.20. The molecule has 4 heteroatoms. The summed E-state index contributed by atoms with van der Waals surface area (Å²) in [5.41, 5.74) is 0. The predicted molar refractivity (Wildman–Crippen MR) is 80.5 cm³/mol. The molecule has 2 aliphatic rings. The lowest BCUT2D eigenvalue weighted by atomic mass is 10.1. The van der Waals surface area contributed by atoms with E-state index in [0.717, 1.165) is 38.2 Å². The molecule has 0 radical (unpaired) electrons. The molecule has 0 aromatic rings. The summed E-state index contributed by atoms with van der Waals surface area (Å²) < 4.78 is 6.06. The van der Waals surface area contributed by atoms with E-state index in [0.29, 0.717) is 29.2 Å². The van der Waals surface area contributed by atoms with Crippen molar-refractivity contribution in [2.24, 2.45) is 0 Å². The second kappa shape index (κ2) is 6.49. The molecule has 2 atom stereocenters. The van der Waals surface area contributed by atoms with Crippen LogP contribution in [-0.2, 0) is 9.53 Å². The number of amides is 1. The molecule has 110 valence electrons. The maximum absolute atomic E-state index is 12.3. The van der Waals surface area contributed by atoms with Crippen LogP contribution in [0, 0.1) is 0 Å². The van der Waals surface area contributed by atoms with Crippen LogP contribution in [0.15, 0.2) is 0 Å². The summed E-state index contributed by atoms with van der Waals surface area (Å²) in [4.78, 5) is 14.4. The number of morpholine rings is 1. The number of thioether (sulfide) groups is 1. The first-order valence-corrected chi connectivity index (χ1v) is 8.51. The lowest BCUT2D eigenvalue weighted by Crippen LogP contribution is -2.51. The number of carbonyl (C=O) groups is 1. The highest BCUT2D eigenvalue weighted by molar-refractivity contribution is 8.00. The van der Waals surface area contributed by atoms with Crippen LogP contribution in [0.2, 0.25) is 0 Å². The highest BCUT2D eigenvalue weighted by Gasteiger charge is 2.37. The van der Waals surface area contributed by atoms with Gasteiger partial charge in [-0.25, -0.2) is 0 Å². The molecular formula is C15H27NO2S. The van der Waals surface area contributed by atoms with Gasteiger partial charge < -0.3 is 9.64 Å². The average molecular weight is 285 g/mol. The van der Waals surface area contributed by atoms with Crippen LogP contribution >= 0.6 is 11.8 Å². The number of ether oxygens (including phenoxy) is 1. The zero-order valence-electron chi connectivity index (χ0n) is 12.5. The van der Waals surface area contributed by atoms with E-state index >= 15 is 0 Å². The Kier molecular flexibility index (Phi) is 5.18. The number of hydrogen-bond donors (Lipinski definition) is 0. The summed E-state index contributed by atoms with van der Waals surface area (Å²) in [6.07, 6.45) is 5.49. The minimum atomic E-state index is 0.304. The van der Waals surface area contributed by atoms with E-state index in [1.807, 2.05) is 11.8 Å². The Morgan fingerprint density at radius 3 is 2.89 bits per heavy atom. The predicted octanol–water partition coefficient (Wildman–Crippen LogP) is 3.08. The van der Waals surface area contributed by atoms with E-state index in [9.17, 15) is 4.79 Å². The van der Waals surface area contributed by atoms with Gasteiger partial charge in [0.1, 0.15) is 0 Å². The summed E-state index contributed by atoms with van der Waals surface area (Å²) in [5, 5.41) is 0. The first-order valence-electron chi connectivity index (χ1n) is 7.52. The van der Waals surface area contributed by atoms with Gasteiger partial charge in [-0.15, -0.1) is 0 Å². The summed E-state index contributed by atoms with van der Waals surface area (Å²) >= 11 is 1.95.